The number of nitrogens with one attached hydrogen (secondary N) is 2. The first kappa shape index (κ1) is 24.2. The summed E-state index contributed by atoms with van der Waals surface area (Å²) in [5, 5.41) is 10.1. The molecule has 184 valence electrons. The van der Waals surface area contributed by atoms with E-state index >= 15 is 0 Å². The van der Waals surface area contributed by atoms with E-state index in [0.29, 0.717) is 26.2 Å². The first-order valence-corrected chi connectivity index (χ1v) is 11.1. The quantitative estimate of drug-likeness (QED) is 0.481. The molecular weight excluding hydrogens is 463 g/mol. The van der Waals surface area contributed by atoms with Gasteiger partial charge in [0.05, 0.1) is 12.2 Å². The number of anilines is 1. The maximum Gasteiger partial charge on any atom is 0.318 e. The van der Waals surface area contributed by atoms with Crippen molar-refractivity contribution in [2.75, 3.05) is 44.2 Å². The fourth-order valence-electron chi connectivity index (χ4n) is 3.98. The molecule has 0 saturated carbocycles. The number of halogens is 3. The number of nitrogens with zero attached hydrogens (tertiary/aromatic N) is 5. The molecule has 1 atom stereocenters. The molecule has 2 N–H and O–H groups in total. The predicted molar refractivity (Wildman–Crippen MR) is 122 cm³/mol. The number of carbonyl (C=O) groups is 2. The van der Waals surface area contributed by atoms with Crippen molar-refractivity contribution in [1.29, 1.82) is 5.41 Å². The summed E-state index contributed by atoms with van der Waals surface area (Å²) in [7, 11) is 0. The topological polar surface area (TPSA) is 106 Å². The molecule has 3 heterocycles. The van der Waals surface area contributed by atoms with Gasteiger partial charge in [-0.3, -0.25) is 4.79 Å². The van der Waals surface area contributed by atoms with Crippen molar-refractivity contribution in [2.24, 2.45) is 0 Å². The van der Waals surface area contributed by atoms with Crippen LogP contribution in [0.1, 0.15) is 28.5 Å². The molecule has 2 aromatic rings. The minimum absolute atomic E-state index is 0.0708. The first-order valence-electron chi connectivity index (χ1n) is 11.1. The number of aromatic nitrogens is 2. The summed E-state index contributed by atoms with van der Waals surface area (Å²) in [4.78, 5) is 38.3. The van der Waals surface area contributed by atoms with E-state index in [2.05, 4.69) is 15.3 Å². The second kappa shape index (κ2) is 10.5. The number of piperazine rings is 1. The van der Waals surface area contributed by atoms with Gasteiger partial charge in [0.2, 0.25) is 5.95 Å². The van der Waals surface area contributed by atoms with Crippen LogP contribution in [-0.4, -0.2) is 77.2 Å². The van der Waals surface area contributed by atoms with E-state index < -0.39 is 35.4 Å². The molecule has 1 aromatic heterocycles. The predicted octanol–water partition coefficient (Wildman–Crippen LogP) is 2.52. The van der Waals surface area contributed by atoms with Gasteiger partial charge in [-0.2, -0.15) is 0 Å². The van der Waals surface area contributed by atoms with Crippen LogP contribution in [0.3, 0.4) is 0 Å². The summed E-state index contributed by atoms with van der Waals surface area (Å²) in [6.07, 6.45) is 5.74. The van der Waals surface area contributed by atoms with Crippen LogP contribution in [0.2, 0.25) is 0 Å². The third-order valence-electron chi connectivity index (χ3n) is 5.83. The Morgan fingerprint density at radius 3 is 2.31 bits per heavy atom. The molecule has 1 unspecified atom stereocenters. The van der Waals surface area contributed by atoms with Crippen LogP contribution in [0.15, 0.2) is 36.5 Å². The van der Waals surface area contributed by atoms with E-state index in [1.807, 2.05) is 12.2 Å². The normalized spacial score (nSPS) is 16.4. The Labute approximate surface area is 199 Å². The average molecular weight is 487 g/mol. The van der Waals surface area contributed by atoms with Gasteiger partial charge >= 0.3 is 6.03 Å². The van der Waals surface area contributed by atoms with Gasteiger partial charge in [-0.05, 0) is 23.9 Å². The van der Waals surface area contributed by atoms with Crippen molar-refractivity contribution in [2.45, 2.75) is 12.5 Å². The van der Waals surface area contributed by atoms with Crippen LogP contribution < -0.4 is 10.2 Å². The lowest BCUT2D eigenvalue weighted by Crippen LogP contribution is -2.52. The lowest BCUT2D eigenvalue weighted by Gasteiger charge is -2.35. The zero-order valence-electron chi connectivity index (χ0n) is 18.8. The monoisotopic (exact) mass is 487 g/mol. The van der Waals surface area contributed by atoms with Gasteiger partial charge in [0, 0.05) is 51.8 Å². The molecule has 3 amide bonds. The van der Waals surface area contributed by atoms with E-state index in [0.717, 1.165) is 30.6 Å². The molecule has 2 aliphatic rings. The number of benzene rings is 1. The fraction of sp³-hybridized carbons (Fsp3) is 0.348. The number of rotatable bonds is 6. The Hall–Kier alpha value is -3.96. The Balaban J connectivity index is 1.39. The van der Waals surface area contributed by atoms with Gasteiger partial charge < -0.3 is 25.4 Å². The smallest absolute Gasteiger partial charge is 0.318 e. The van der Waals surface area contributed by atoms with E-state index in [4.69, 9.17) is 5.41 Å². The van der Waals surface area contributed by atoms with Crippen molar-refractivity contribution >= 4 is 24.1 Å². The van der Waals surface area contributed by atoms with E-state index in [-0.39, 0.29) is 36.7 Å². The zero-order valence-corrected chi connectivity index (χ0v) is 18.8. The second-order valence-corrected chi connectivity index (χ2v) is 8.17. The molecule has 4 rings (SSSR count). The lowest BCUT2D eigenvalue weighted by molar-refractivity contribution is 0.0789. The standard InChI is InChI=1S/C23H24F3N7O2/c24-16-11-15(12-17(25)13-16)19(3-4-27)29-23(35)33-9-7-32(8-10-33)22-28-14-18(26)20(30-22)21(34)31-5-1-2-6-31/h1-2,4,11-14,19,27H,3,5-10H2,(H,29,35). The minimum Gasteiger partial charge on any atom is -0.337 e. The largest absolute Gasteiger partial charge is 0.337 e. The third-order valence-corrected chi connectivity index (χ3v) is 5.83. The fourth-order valence-corrected chi connectivity index (χ4v) is 3.98. The number of amides is 3. The second-order valence-electron chi connectivity index (χ2n) is 8.17. The lowest BCUT2D eigenvalue weighted by atomic mass is 10.0. The Morgan fingerprint density at radius 1 is 1.03 bits per heavy atom. The van der Waals surface area contributed by atoms with Gasteiger partial charge in [-0.1, -0.05) is 12.2 Å². The van der Waals surface area contributed by atoms with Crippen molar-refractivity contribution in [3.8, 4) is 0 Å². The van der Waals surface area contributed by atoms with E-state index in [1.165, 1.54) is 9.80 Å². The molecule has 9 nitrogen and oxygen atoms in total. The summed E-state index contributed by atoms with van der Waals surface area (Å²) in [5.74, 6) is -2.65. The molecule has 1 aromatic carbocycles. The highest BCUT2D eigenvalue weighted by Crippen LogP contribution is 2.20. The van der Waals surface area contributed by atoms with Gasteiger partial charge in [-0.25, -0.2) is 27.9 Å². The minimum atomic E-state index is -0.797. The maximum atomic E-state index is 14.2. The molecule has 0 radical (unpaired) electrons. The first-order chi connectivity index (χ1) is 16.9. The molecule has 1 fully saturated rings. The van der Waals surface area contributed by atoms with Gasteiger partial charge in [-0.15, -0.1) is 0 Å². The van der Waals surface area contributed by atoms with Crippen molar-refractivity contribution in [3.63, 3.8) is 0 Å². The zero-order chi connectivity index (χ0) is 24.9. The van der Waals surface area contributed by atoms with Gasteiger partial charge in [0.15, 0.2) is 11.5 Å². The molecule has 0 spiro atoms. The summed E-state index contributed by atoms with van der Waals surface area (Å²) < 4.78 is 41.5. The highest BCUT2D eigenvalue weighted by atomic mass is 19.1. The summed E-state index contributed by atoms with van der Waals surface area (Å²) >= 11 is 0. The van der Waals surface area contributed by atoms with Crippen molar-refractivity contribution in [1.82, 2.24) is 25.1 Å². The Bertz CT molecular complexity index is 1120. The van der Waals surface area contributed by atoms with Gasteiger partial charge in [0.1, 0.15) is 11.6 Å². The highest BCUT2D eigenvalue weighted by molar-refractivity contribution is 5.93. The average Bonchev–Trinajstić information content (AvgIpc) is 3.38. The molecule has 0 bridgehead atoms. The van der Waals surface area contributed by atoms with Crippen LogP contribution in [-0.2, 0) is 0 Å². The van der Waals surface area contributed by atoms with Crippen molar-refractivity contribution in [3.05, 3.63) is 65.3 Å². The summed E-state index contributed by atoms with van der Waals surface area (Å²) in [5.41, 5.74) is -0.0706. The number of carbonyl (C=O) groups excluding carboxylic acids is 2. The number of hydrogen-bond acceptors (Lipinski definition) is 6. The molecule has 1 saturated heterocycles. The highest BCUT2D eigenvalue weighted by Gasteiger charge is 2.27. The van der Waals surface area contributed by atoms with Crippen molar-refractivity contribution < 1.29 is 22.8 Å². The van der Waals surface area contributed by atoms with Crippen LogP contribution in [0.5, 0.6) is 0 Å². The van der Waals surface area contributed by atoms with Gasteiger partial charge in [0.25, 0.3) is 5.91 Å². The third kappa shape index (κ3) is 5.58. The SMILES string of the molecule is N=CCC(NC(=O)N1CCN(c2ncc(F)c(C(=O)N3CC=CC3)n2)CC1)c1cc(F)cc(F)c1. The Kier molecular flexibility index (Phi) is 7.28. The molecule has 12 heteroatoms. The number of urea groups is 1. The summed E-state index contributed by atoms with van der Waals surface area (Å²) in [6.45, 7) is 2.02. The number of hydrogen-bond donors (Lipinski definition) is 2. The Morgan fingerprint density at radius 2 is 1.69 bits per heavy atom. The van der Waals surface area contributed by atoms with Crippen LogP contribution in [0.25, 0.3) is 0 Å². The summed E-state index contributed by atoms with van der Waals surface area (Å²) in [6, 6.07) is 1.78. The van der Waals surface area contributed by atoms with Crippen LogP contribution in [0.4, 0.5) is 23.9 Å². The molecule has 35 heavy (non-hydrogen) atoms. The van der Waals surface area contributed by atoms with Crippen LogP contribution >= 0.6 is 0 Å². The van der Waals surface area contributed by atoms with Crippen LogP contribution in [0, 0.1) is 22.9 Å². The maximum absolute atomic E-state index is 14.2. The molecule has 0 aliphatic carbocycles. The molecular formula is C23H24F3N7O2. The van der Waals surface area contributed by atoms with E-state index in [1.54, 1.807) is 4.90 Å². The van der Waals surface area contributed by atoms with E-state index in [9.17, 15) is 22.8 Å². The molecule has 2 aliphatic heterocycles.